The van der Waals surface area contributed by atoms with Gasteiger partial charge in [-0.1, -0.05) is 0 Å². The van der Waals surface area contributed by atoms with Gasteiger partial charge in [-0.2, -0.15) is 8.78 Å². The number of alkyl halides is 2. The number of esters is 1. The highest BCUT2D eigenvalue weighted by atomic mass is 32.2. The number of hydrogen-bond acceptors (Lipinski definition) is 7. The Hall–Kier alpha value is -2.30. The second-order valence-corrected chi connectivity index (χ2v) is 6.83. The molecule has 2 N–H and O–H groups in total. The summed E-state index contributed by atoms with van der Waals surface area (Å²) in [6.45, 7) is 6.17. The molecule has 0 atom stereocenters. The van der Waals surface area contributed by atoms with E-state index in [1.165, 1.54) is 0 Å². The molecule has 1 heterocycles. The minimum atomic E-state index is -2.61. The summed E-state index contributed by atoms with van der Waals surface area (Å²) in [6, 6.07) is -0.810. The van der Waals surface area contributed by atoms with E-state index < -0.39 is 30.3 Å². The number of imide groups is 1. The Morgan fingerprint density at radius 2 is 1.74 bits per heavy atom. The van der Waals surface area contributed by atoms with E-state index in [1.807, 2.05) is 5.32 Å². The summed E-state index contributed by atoms with van der Waals surface area (Å²) in [6.07, 6.45) is 0.198. The first kappa shape index (κ1) is 22.7. The quantitative estimate of drug-likeness (QED) is 0.388. The Morgan fingerprint density at radius 3 is 2.26 bits per heavy atom. The van der Waals surface area contributed by atoms with E-state index in [0.29, 0.717) is 17.0 Å². The number of halogens is 2. The number of ether oxygens (including phenoxy) is 1. The second-order valence-electron chi connectivity index (χ2n) is 5.87. The molecule has 0 aliphatic carbocycles. The number of nitrogens with one attached hydrogen (secondary N) is 2. The molecule has 0 aliphatic rings. The standard InChI is InChI=1S/C16H22F2N4O4S/c1-8(2)19-15(25)22-12(23)7-26-13(24)6-5-11-9(3)20-16(21-10(11)4)27-14(17)18/h8,14H,5-7H2,1-4H3,(H2,19,22,23,25). The third-order valence-corrected chi connectivity index (χ3v) is 3.78. The fraction of sp³-hybridized carbons (Fsp3) is 0.562. The number of thioether (sulfide) groups is 1. The normalized spacial score (nSPS) is 10.8. The monoisotopic (exact) mass is 404 g/mol. The Bertz CT molecular complexity index is 678. The molecule has 0 fully saturated rings. The zero-order valence-corrected chi connectivity index (χ0v) is 16.3. The van der Waals surface area contributed by atoms with Crippen molar-refractivity contribution in [2.75, 3.05) is 6.61 Å². The largest absolute Gasteiger partial charge is 0.456 e. The number of amides is 3. The lowest BCUT2D eigenvalue weighted by atomic mass is 10.1. The van der Waals surface area contributed by atoms with Crippen molar-refractivity contribution in [1.29, 1.82) is 0 Å². The van der Waals surface area contributed by atoms with Gasteiger partial charge in [0, 0.05) is 23.9 Å². The van der Waals surface area contributed by atoms with Gasteiger partial charge in [0.15, 0.2) is 11.8 Å². The van der Waals surface area contributed by atoms with Gasteiger partial charge in [0.2, 0.25) is 0 Å². The lowest BCUT2D eigenvalue weighted by molar-refractivity contribution is -0.148. The topological polar surface area (TPSA) is 110 Å². The summed E-state index contributed by atoms with van der Waals surface area (Å²) in [4.78, 5) is 42.6. The van der Waals surface area contributed by atoms with Crippen LogP contribution in [0.25, 0.3) is 0 Å². The molecule has 0 saturated heterocycles. The van der Waals surface area contributed by atoms with Crippen molar-refractivity contribution >= 4 is 29.7 Å². The van der Waals surface area contributed by atoms with Crippen molar-refractivity contribution in [1.82, 2.24) is 20.6 Å². The molecule has 0 bridgehead atoms. The van der Waals surface area contributed by atoms with Crippen molar-refractivity contribution in [2.24, 2.45) is 0 Å². The van der Waals surface area contributed by atoms with Gasteiger partial charge in [0.1, 0.15) is 0 Å². The SMILES string of the molecule is Cc1nc(SC(F)F)nc(C)c1CCC(=O)OCC(=O)NC(=O)NC(C)C. The number of aromatic nitrogens is 2. The second kappa shape index (κ2) is 10.8. The smallest absolute Gasteiger partial charge is 0.321 e. The van der Waals surface area contributed by atoms with Crippen LogP contribution in [-0.4, -0.2) is 46.3 Å². The number of nitrogens with zero attached hydrogens (tertiary/aromatic N) is 2. The molecule has 0 unspecified atom stereocenters. The van der Waals surface area contributed by atoms with Crippen molar-refractivity contribution < 1.29 is 27.9 Å². The van der Waals surface area contributed by atoms with Gasteiger partial charge in [0.25, 0.3) is 11.7 Å². The number of urea groups is 1. The Morgan fingerprint density at radius 1 is 1.15 bits per heavy atom. The van der Waals surface area contributed by atoms with Crippen molar-refractivity contribution in [3.63, 3.8) is 0 Å². The van der Waals surface area contributed by atoms with Gasteiger partial charge in [-0.3, -0.25) is 14.9 Å². The van der Waals surface area contributed by atoms with Gasteiger partial charge in [-0.05, 0) is 51.4 Å². The molecule has 150 valence electrons. The first-order chi connectivity index (χ1) is 12.6. The molecule has 1 aromatic rings. The van der Waals surface area contributed by atoms with Crippen molar-refractivity contribution in [2.45, 2.75) is 57.5 Å². The first-order valence-corrected chi connectivity index (χ1v) is 9.01. The predicted molar refractivity (Wildman–Crippen MR) is 94.5 cm³/mol. The minimum Gasteiger partial charge on any atom is -0.456 e. The summed E-state index contributed by atoms with van der Waals surface area (Å²) in [5.74, 6) is -4.00. The van der Waals surface area contributed by atoms with E-state index in [9.17, 15) is 23.2 Å². The summed E-state index contributed by atoms with van der Waals surface area (Å²) in [5.41, 5.74) is 1.66. The maximum Gasteiger partial charge on any atom is 0.321 e. The van der Waals surface area contributed by atoms with E-state index in [4.69, 9.17) is 4.74 Å². The van der Waals surface area contributed by atoms with Crippen LogP contribution in [0.3, 0.4) is 0 Å². The third kappa shape index (κ3) is 8.76. The molecule has 11 heteroatoms. The number of carbonyl (C=O) groups is 3. The van der Waals surface area contributed by atoms with Gasteiger partial charge in [-0.25, -0.2) is 14.8 Å². The molecule has 0 aromatic carbocycles. The molecular formula is C16H22F2N4O4S. The number of aryl methyl sites for hydroxylation is 2. The lowest BCUT2D eigenvalue weighted by Gasteiger charge is -2.11. The van der Waals surface area contributed by atoms with Crippen LogP contribution in [0.4, 0.5) is 13.6 Å². The van der Waals surface area contributed by atoms with Gasteiger partial charge in [0.05, 0.1) is 0 Å². The molecule has 3 amide bonds. The summed E-state index contributed by atoms with van der Waals surface area (Å²) in [5, 5.41) is 4.47. The highest BCUT2D eigenvalue weighted by molar-refractivity contribution is 7.99. The van der Waals surface area contributed by atoms with Crippen LogP contribution < -0.4 is 10.6 Å². The van der Waals surface area contributed by atoms with Crippen molar-refractivity contribution in [3.8, 4) is 0 Å². The molecule has 0 saturated carbocycles. The fourth-order valence-corrected chi connectivity index (χ4v) is 2.65. The minimum absolute atomic E-state index is 0.0253. The average Bonchev–Trinajstić information content (AvgIpc) is 2.50. The predicted octanol–water partition coefficient (Wildman–Crippen LogP) is 2.12. The Balaban J connectivity index is 2.48. The fourth-order valence-electron chi connectivity index (χ4n) is 2.11. The van der Waals surface area contributed by atoms with Crippen LogP contribution in [0.15, 0.2) is 5.16 Å². The number of hydrogen-bond donors (Lipinski definition) is 2. The van der Waals surface area contributed by atoms with Crippen molar-refractivity contribution in [3.05, 3.63) is 17.0 Å². The number of carbonyl (C=O) groups excluding carboxylic acids is 3. The van der Waals surface area contributed by atoms with Crippen LogP contribution in [0.1, 0.15) is 37.2 Å². The van der Waals surface area contributed by atoms with Crippen LogP contribution in [-0.2, 0) is 20.7 Å². The van der Waals surface area contributed by atoms with Crippen LogP contribution in [0.5, 0.6) is 0 Å². The molecule has 27 heavy (non-hydrogen) atoms. The molecule has 8 nitrogen and oxygen atoms in total. The maximum atomic E-state index is 12.4. The van der Waals surface area contributed by atoms with E-state index in [0.717, 1.165) is 0 Å². The summed E-state index contributed by atoms with van der Waals surface area (Å²) in [7, 11) is 0. The highest BCUT2D eigenvalue weighted by Gasteiger charge is 2.15. The summed E-state index contributed by atoms with van der Waals surface area (Å²) < 4.78 is 29.6. The molecular weight excluding hydrogens is 382 g/mol. The van der Waals surface area contributed by atoms with Crippen LogP contribution >= 0.6 is 11.8 Å². The third-order valence-electron chi connectivity index (χ3n) is 3.21. The molecule has 0 spiro atoms. The Kier molecular flexibility index (Phi) is 9.06. The summed E-state index contributed by atoms with van der Waals surface area (Å²) >= 11 is 0.255. The van der Waals surface area contributed by atoms with E-state index >= 15 is 0 Å². The average molecular weight is 404 g/mol. The molecule has 0 aliphatic heterocycles. The lowest BCUT2D eigenvalue weighted by Crippen LogP contribution is -2.44. The van der Waals surface area contributed by atoms with Gasteiger partial charge in [-0.15, -0.1) is 0 Å². The Labute approximate surface area is 159 Å². The maximum absolute atomic E-state index is 12.4. The molecule has 1 aromatic heterocycles. The van der Waals surface area contributed by atoms with E-state index in [-0.39, 0.29) is 35.8 Å². The van der Waals surface area contributed by atoms with E-state index in [1.54, 1.807) is 27.7 Å². The number of rotatable bonds is 8. The zero-order chi connectivity index (χ0) is 20.6. The highest BCUT2D eigenvalue weighted by Crippen LogP contribution is 2.24. The first-order valence-electron chi connectivity index (χ1n) is 8.13. The van der Waals surface area contributed by atoms with Gasteiger partial charge >= 0.3 is 12.0 Å². The van der Waals surface area contributed by atoms with E-state index in [2.05, 4.69) is 15.3 Å². The molecule has 0 radical (unpaired) electrons. The van der Waals surface area contributed by atoms with Gasteiger partial charge < -0.3 is 10.1 Å². The zero-order valence-electron chi connectivity index (χ0n) is 15.5. The van der Waals surface area contributed by atoms with Crippen LogP contribution in [0.2, 0.25) is 0 Å². The van der Waals surface area contributed by atoms with Crippen LogP contribution in [0, 0.1) is 13.8 Å². The molecule has 1 rings (SSSR count).